The monoisotopic (exact) mass is 353 g/mol. The van der Waals surface area contributed by atoms with Crippen molar-refractivity contribution in [1.29, 1.82) is 0 Å². The number of amides is 1. The first-order valence-electron chi connectivity index (χ1n) is 9.54. The average Bonchev–Trinajstić information content (AvgIpc) is 2.65. The van der Waals surface area contributed by atoms with Crippen molar-refractivity contribution >= 4 is 23.0 Å². The van der Waals surface area contributed by atoms with Gasteiger partial charge in [-0.3, -0.25) is 4.79 Å². The predicted molar refractivity (Wildman–Crippen MR) is 112 cm³/mol. The van der Waals surface area contributed by atoms with Crippen molar-refractivity contribution in [2.45, 2.75) is 34.1 Å². The molecule has 4 heteroatoms. The van der Waals surface area contributed by atoms with Gasteiger partial charge in [-0.2, -0.15) is 0 Å². The van der Waals surface area contributed by atoms with Crippen molar-refractivity contribution in [3.8, 4) is 0 Å². The van der Waals surface area contributed by atoms with Crippen LogP contribution < -0.4 is 15.1 Å². The zero-order valence-corrected chi connectivity index (χ0v) is 16.5. The molecule has 0 aliphatic heterocycles. The molecule has 2 aromatic carbocycles. The van der Waals surface area contributed by atoms with E-state index in [2.05, 4.69) is 54.4 Å². The Kier molecular flexibility index (Phi) is 7.52. The van der Waals surface area contributed by atoms with E-state index in [1.807, 2.05) is 36.9 Å². The minimum Gasteiger partial charge on any atom is -0.385 e. The van der Waals surface area contributed by atoms with Gasteiger partial charge in [-0.05, 0) is 69.7 Å². The lowest BCUT2D eigenvalue weighted by molar-refractivity contribution is -0.118. The Labute approximate surface area is 157 Å². The van der Waals surface area contributed by atoms with Gasteiger partial charge in [0.2, 0.25) is 5.91 Å². The van der Waals surface area contributed by atoms with Gasteiger partial charge in [-0.1, -0.05) is 12.1 Å². The molecule has 0 saturated carbocycles. The molecule has 0 aliphatic carbocycles. The van der Waals surface area contributed by atoms with Gasteiger partial charge in [-0.25, -0.2) is 0 Å². The van der Waals surface area contributed by atoms with E-state index in [1.54, 1.807) is 0 Å². The molecule has 1 amide bonds. The number of carbonyl (C=O) groups is 1. The van der Waals surface area contributed by atoms with Gasteiger partial charge in [-0.15, -0.1) is 0 Å². The van der Waals surface area contributed by atoms with Gasteiger partial charge in [0.25, 0.3) is 0 Å². The smallest absolute Gasteiger partial charge is 0.228 e. The summed E-state index contributed by atoms with van der Waals surface area (Å²) in [4.78, 5) is 16.7. The summed E-state index contributed by atoms with van der Waals surface area (Å²) in [5, 5.41) is 3.35. The number of aryl methyl sites for hydroxylation is 1. The highest BCUT2D eigenvalue weighted by Crippen LogP contribution is 2.19. The minimum absolute atomic E-state index is 0.144. The topological polar surface area (TPSA) is 35.6 Å². The second kappa shape index (κ2) is 9.85. The first-order valence-corrected chi connectivity index (χ1v) is 9.54. The third-order valence-corrected chi connectivity index (χ3v) is 4.59. The fourth-order valence-electron chi connectivity index (χ4n) is 3.13. The fourth-order valence-corrected chi connectivity index (χ4v) is 3.13. The lowest BCUT2D eigenvalue weighted by Crippen LogP contribution is -2.31. The van der Waals surface area contributed by atoms with Crippen LogP contribution >= 0.6 is 0 Å². The number of carbonyl (C=O) groups excluding carboxylic acids is 1. The molecule has 0 heterocycles. The largest absolute Gasteiger partial charge is 0.385 e. The van der Waals surface area contributed by atoms with Crippen molar-refractivity contribution in [1.82, 2.24) is 0 Å². The van der Waals surface area contributed by atoms with Gasteiger partial charge in [0.05, 0.1) is 0 Å². The van der Waals surface area contributed by atoms with Gasteiger partial charge >= 0.3 is 0 Å². The van der Waals surface area contributed by atoms with Crippen LogP contribution in [0.3, 0.4) is 0 Å². The van der Waals surface area contributed by atoms with Crippen LogP contribution in [0, 0.1) is 6.92 Å². The molecule has 140 valence electrons. The Bertz CT molecular complexity index is 693. The highest BCUT2D eigenvalue weighted by atomic mass is 16.2. The molecule has 2 aromatic rings. The van der Waals surface area contributed by atoms with Gasteiger partial charge in [0.1, 0.15) is 0 Å². The van der Waals surface area contributed by atoms with Crippen LogP contribution in [-0.2, 0) is 4.79 Å². The molecule has 1 N–H and O–H groups in total. The summed E-state index contributed by atoms with van der Waals surface area (Å²) in [6.45, 7) is 11.7. The van der Waals surface area contributed by atoms with E-state index >= 15 is 0 Å². The Morgan fingerprint density at radius 1 is 0.923 bits per heavy atom. The number of nitrogens with zero attached hydrogens (tertiary/aromatic N) is 2. The zero-order chi connectivity index (χ0) is 18.9. The SMILES string of the molecule is CCN(CC)c1ccc(NCCC(=O)N(CC)c2cccc(C)c2)cc1. The molecule has 0 bridgehead atoms. The van der Waals surface area contributed by atoms with Crippen molar-refractivity contribution in [2.75, 3.05) is 41.3 Å². The lowest BCUT2D eigenvalue weighted by Gasteiger charge is -2.22. The van der Waals surface area contributed by atoms with Gasteiger partial charge in [0, 0.05) is 49.7 Å². The highest BCUT2D eigenvalue weighted by Gasteiger charge is 2.13. The van der Waals surface area contributed by atoms with Crippen LogP contribution in [0.4, 0.5) is 17.1 Å². The van der Waals surface area contributed by atoms with Crippen LogP contribution in [-0.4, -0.2) is 32.1 Å². The molecule has 26 heavy (non-hydrogen) atoms. The van der Waals surface area contributed by atoms with Crippen molar-refractivity contribution in [2.24, 2.45) is 0 Å². The van der Waals surface area contributed by atoms with E-state index in [4.69, 9.17) is 0 Å². The number of hydrogen-bond donors (Lipinski definition) is 1. The Balaban J connectivity index is 1.89. The molecule has 0 aromatic heterocycles. The second-order valence-electron chi connectivity index (χ2n) is 6.37. The molecule has 0 spiro atoms. The molecule has 4 nitrogen and oxygen atoms in total. The Morgan fingerprint density at radius 2 is 1.62 bits per heavy atom. The molecule has 0 saturated heterocycles. The van der Waals surface area contributed by atoms with E-state index in [0.29, 0.717) is 19.5 Å². The Morgan fingerprint density at radius 3 is 2.19 bits per heavy atom. The van der Waals surface area contributed by atoms with Crippen LogP contribution in [0.25, 0.3) is 0 Å². The first kappa shape index (κ1) is 19.8. The summed E-state index contributed by atoms with van der Waals surface area (Å²) >= 11 is 0. The molecular weight excluding hydrogens is 322 g/mol. The van der Waals surface area contributed by atoms with E-state index in [0.717, 1.165) is 24.5 Å². The molecule has 0 radical (unpaired) electrons. The maximum atomic E-state index is 12.6. The molecule has 0 fully saturated rings. The number of hydrogen-bond acceptors (Lipinski definition) is 3. The minimum atomic E-state index is 0.144. The van der Waals surface area contributed by atoms with Crippen molar-refractivity contribution < 1.29 is 4.79 Å². The average molecular weight is 354 g/mol. The number of nitrogens with one attached hydrogen (secondary N) is 1. The third kappa shape index (κ3) is 5.25. The quantitative estimate of drug-likeness (QED) is 0.710. The molecule has 0 atom stereocenters. The summed E-state index contributed by atoms with van der Waals surface area (Å²) in [5.41, 5.74) is 4.42. The van der Waals surface area contributed by atoms with E-state index in [9.17, 15) is 4.79 Å². The number of benzene rings is 2. The van der Waals surface area contributed by atoms with E-state index in [1.165, 1.54) is 11.3 Å². The van der Waals surface area contributed by atoms with E-state index in [-0.39, 0.29) is 5.91 Å². The molecule has 0 unspecified atom stereocenters. The van der Waals surface area contributed by atoms with Crippen molar-refractivity contribution in [3.63, 3.8) is 0 Å². The summed E-state index contributed by atoms with van der Waals surface area (Å²) in [6, 6.07) is 16.5. The summed E-state index contributed by atoms with van der Waals surface area (Å²) in [5.74, 6) is 0.144. The van der Waals surface area contributed by atoms with Crippen LogP contribution in [0.5, 0.6) is 0 Å². The fraction of sp³-hybridized carbons (Fsp3) is 0.409. The molecule has 0 aliphatic rings. The summed E-state index contributed by atoms with van der Waals surface area (Å²) in [6.07, 6.45) is 0.472. The molecular formula is C22H31N3O. The van der Waals surface area contributed by atoms with Crippen molar-refractivity contribution in [3.05, 3.63) is 54.1 Å². The number of anilines is 3. The second-order valence-corrected chi connectivity index (χ2v) is 6.37. The lowest BCUT2D eigenvalue weighted by atomic mass is 10.2. The highest BCUT2D eigenvalue weighted by molar-refractivity contribution is 5.93. The van der Waals surface area contributed by atoms with E-state index < -0.39 is 0 Å². The van der Waals surface area contributed by atoms with Gasteiger partial charge < -0.3 is 15.1 Å². The third-order valence-electron chi connectivity index (χ3n) is 4.59. The van der Waals surface area contributed by atoms with Gasteiger partial charge in [0.15, 0.2) is 0 Å². The number of rotatable bonds is 9. The van der Waals surface area contributed by atoms with Crippen LogP contribution in [0.15, 0.2) is 48.5 Å². The Hall–Kier alpha value is -2.49. The van der Waals surface area contributed by atoms with Crippen LogP contribution in [0.1, 0.15) is 32.8 Å². The molecule has 2 rings (SSSR count). The zero-order valence-electron chi connectivity index (χ0n) is 16.5. The maximum absolute atomic E-state index is 12.6. The maximum Gasteiger partial charge on any atom is 0.228 e. The first-order chi connectivity index (χ1) is 12.6. The normalized spacial score (nSPS) is 10.5. The predicted octanol–water partition coefficient (Wildman–Crippen LogP) is 4.70. The summed E-state index contributed by atoms with van der Waals surface area (Å²) in [7, 11) is 0. The summed E-state index contributed by atoms with van der Waals surface area (Å²) < 4.78 is 0. The standard InChI is InChI=1S/C22H31N3O/c1-5-24(6-2)20-13-11-19(12-14-20)23-16-15-22(26)25(7-3)21-10-8-9-18(4)17-21/h8-14,17,23H,5-7,15-16H2,1-4H3. The van der Waals surface area contributed by atoms with Crippen LogP contribution in [0.2, 0.25) is 0 Å².